The minimum atomic E-state index is -4.60. The summed E-state index contributed by atoms with van der Waals surface area (Å²) in [6, 6.07) is 7.76. The first-order valence-electron chi connectivity index (χ1n) is 7.71. The van der Waals surface area contributed by atoms with E-state index in [4.69, 9.17) is 32.2 Å². The molecule has 0 saturated carbocycles. The first-order valence-corrected chi connectivity index (χ1v) is 10.0. The van der Waals surface area contributed by atoms with Crippen molar-refractivity contribution in [2.45, 2.75) is 24.8 Å². The van der Waals surface area contributed by atoms with Crippen molar-refractivity contribution >= 4 is 42.2 Å². The summed E-state index contributed by atoms with van der Waals surface area (Å²) in [6.45, 7) is 4.36. The lowest BCUT2D eigenvalue weighted by Crippen LogP contribution is -2.18. The number of rotatable bonds is 7. The first-order chi connectivity index (χ1) is 12.8. The van der Waals surface area contributed by atoms with Crippen LogP contribution in [0.15, 0.2) is 36.4 Å². The molecule has 0 N–H and O–H groups in total. The molecule has 150 valence electrons. The predicted octanol–water partition coefficient (Wildman–Crippen LogP) is 5.92. The van der Waals surface area contributed by atoms with Crippen LogP contribution in [0, 0.1) is 34.1 Å². The Labute approximate surface area is 170 Å². The van der Waals surface area contributed by atoms with Gasteiger partial charge in [0, 0.05) is 12.1 Å². The molecule has 0 atom stereocenters. The van der Waals surface area contributed by atoms with E-state index in [1.165, 1.54) is 24.3 Å². The van der Waals surface area contributed by atoms with Crippen LogP contribution in [0.3, 0.4) is 0 Å². The van der Waals surface area contributed by atoms with Crippen molar-refractivity contribution in [3.8, 4) is 11.5 Å². The molecule has 9 nitrogen and oxygen atoms in total. The molecule has 0 bridgehead atoms. The van der Waals surface area contributed by atoms with Crippen molar-refractivity contribution < 1.29 is 23.5 Å². The number of nitro benzene ring substituents is 2. The Hall–Kier alpha value is -2.35. The zero-order valence-corrected chi connectivity index (χ0v) is 17.3. The largest absolute Gasteiger partial charge is 0.466 e. The maximum absolute atomic E-state index is 13.4. The van der Waals surface area contributed by atoms with Gasteiger partial charge in [0.2, 0.25) is 15.6 Å². The van der Waals surface area contributed by atoms with Gasteiger partial charge in [-0.2, -0.15) is 0 Å². The zero-order chi connectivity index (χ0) is 21.3. The van der Waals surface area contributed by atoms with Crippen molar-refractivity contribution in [3.63, 3.8) is 0 Å². The van der Waals surface area contributed by atoms with Gasteiger partial charge in [0.15, 0.2) is 0 Å². The van der Waals surface area contributed by atoms with E-state index in [2.05, 4.69) is 0 Å². The molecule has 0 fully saturated rings. The van der Waals surface area contributed by atoms with Gasteiger partial charge in [0.1, 0.15) is 0 Å². The second kappa shape index (κ2) is 7.95. The lowest BCUT2D eigenvalue weighted by Gasteiger charge is -2.26. The van der Waals surface area contributed by atoms with Crippen molar-refractivity contribution in [3.05, 3.63) is 67.8 Å². The monoisotopic (exact) mass is 448 g/mol. The van der Waals surface area contributed by atoms with Crippen molar-refractivity contribution in [2.75, 3.05) is 0 Å². The van der Waals surface area contributed by atoms with Crippen LogP contribution in [0.4, 0.5) is 11.4 Å². The highest BCUT2D eigenvalue weighted by molar-refractivity contribution is 7.60. The minimum Gasteiger partial charge on any atom is -0.407 e. The number of nitro groups is 2. The molecule has 0 aromatic heterocycles. The molecule has 2 aromatic rings. The maximum Gasteiger partial charge on any atom is 0.466 e. The fourth-order valence-electron chi connectivity index (χ4n) is 2.13. The summed E-state index contributed by atoms with van der Waals surface area (Å²) in [5.41, 5.74) is 0.149. The SMILES string of the molecule is Cc1ccc([N+](=O)[O-])c(OP(=O)(Oc2cc(C)ccc2[N+](=O)[O-])C(C)(Cl)Cl)c1. The summed E-state index contributed by atoms with van der Waals surface area (Å²) in [6.07, 6.45) is 0. The quantitative estimate of drug-likeness (QED) is 0.222. The topological polar surface area (TPSA) is 122 Å². The number of aryl methyl sites for hydroxylation is 2. The third-order valence-corrected chi connectivity index (χ3v) is 6.62. The van der Waals surface area contributed by atoms with Crippen molar-refractivity contribution in [1.82, 2.24) is 0 Å². The molecule has 0 heterocycles. The summed E-state index contributed by atoms with van der Waals surface area (Å²) in [7, 11) is -4.60. The first kappa shape index (κ1) is 21.9. The van der Waals surface area contributed by atoms with E-state index in [-0.39, 0.29) is 0 Å². The van der Waals surface area contributed by atoms with E-state index in [1.54, 1.807) is 13.8 Å². The van der Waals surface area contributed by atoms with Gasteiger partial charge in [0.05, 0.1) is 9.85 Å². The van der Waals surface area contributed by atoms with Gasteiger partial charge in [0.25, 0.3) is 0 Å². The van der Waals surface area contributed by atoms with E-state index in [9.17, 15) is 24.8 Å². The molecular weight excluding hydrogens is 434 g/mol. The molecule has 0 saturated heterocycles. The van der Waals surface area contributed by atoms with Crippen molar-refractivity contribution in [2.24, 2.45) is 0 Å². The van der Waals surface area contributed by atoms with E-state index >= 15 is 0 Å². The van der Waals surface area contributed by atoms with Gasteiger partial charge in [-0.1, -0.05) is 35.3 Å². The molecule has 0 aliphatic heterocycles. The molecule has 0 aliphatic rings. The fourth-order valence-corrected chi connectivity index (χ4v) is 3.71. The highest BCUT2D eigenvalue weighted by Crippen LogP contribution is 2.64. The number of alkyl halides is 2. The highest BCUT2D eigenvalue weighted by atomic mass is 35.5. The smallest absolute Gasteiger partial charge is 0.407 e. The normalized spacial score (nSPS) is 11.8. The van der Waals surface area contributed by atoms with Crippen LogP contribution in [0.5, 0.6) is 11.5 Å². The second-order valence-corrected chi connectivity index (χ2v) is 10.5. The highest BCUT2D eigenvalue weighted by Gasteiger charge is 2.50. The van der Waals surface area contributed by atoms with Crippen LogP contribution in [-0.2, 0) is 4.57 Å². The summed E-state index contributed by atoms with van der Waals surface area (Å²) < 4.78 is 21.9. The Bertz CT molecular complexity index is 922. The van der Waals surface area contributed by atoms with E-state index < -0.39 is 44.4 Å². The number of nitrogens with zero attached hydrogens (tertiary/aromatic N) is 2. The van der Waals surface area contributed by atoms with Gasteiger partial charge in [-0.25, -0.2) is 4.57 Å². The van der Waals surface area contributed by atoms with E-state index in [0.29, 0.717) is 11.1 Å². The third-order valence-electron chi connectivity index (χ3n) is 3.54. The average molecular weight is 449 g/mol. The Morgan fingerprint density at radius 3 is 1.54 bits per heavy atom. The van der Waals surface area contributed by atoms with Crippen LogP contribution in [-0.4, -0.2) is 13.9 Å². The van der Waals surface area contributed by atoms with Gasteiger partial charge in [-0.3, -0.25) is 20.2 Å². The zero-order valence-electron chi connectivity index (χ0n) is 14.9. The Balaban J connectivity index is 2.58. The molecule has 0 aliphatic carbocycles. The Morgan fingerprint density at radius 1 is 0.893 bits per heavy atom. The summed E-state index contributed by atoms with van der Waals surface area (Å²) in [5, 5.41) is 22.5. The maximum atomic E-state index is 13.4. The third kappa shape index (κ3) is 4.73. The molecule has 2 rings (SSSR count). The second-order valence-electron chi connectivity index (χ2n) is 5.98. The summed E-state index contributed by atoms with van der Waals surface area (Å²) >= 11 is 12.0. The van der Waals surface area contributed by atoms with Crippen LogP contribution in [0.2, 0.25) is 0 Å². The molecule has 0 unspecified atom stereocenters. The lowest BCUT2D eigenvalue weighted by atomic mass is 10.2. The van der Waals surface area contributed by atoms with Crippen LogP contribution >= 0.6 is 30.8 Å². The minimum absolute atomic E-state index is 0.392. The number of hydrogen-bond donors (Lipinski definition) is 0. The lowest BCUT2D eigenvalue weighted by molar-refractivity contribution is -0.385. The fraction of sp³-hybridized carbons (Fsp3) is 0.250. The number of hydrogen-bond acceptors (Lipinski definition) is 7. The van der Waals surface area contributed by atoms with Crippen molar-refractivity contribution in [1.29, 1.82) is 0 Å². The molecule has 2 aromatic carbocycles. The Morgan fingerprint density at radius 2 is 1.25 bits per heavy atom. The van der Waals surface area contributed by atoms with Gasteiger partial charge < -0.3 is 9.05 Å². The summed E-state index contributed by atoms with van der Waals surface area (Å²) in [4.78, 5) is 21.0. The molecule has 12 heteroatoms. The van der Waals surface area contributed by atoms with Crippen LogP contribution < -0.4 is 9.05 Å². The van der Waals surface area contributed by atoms with Crippen LogP contribution in [0.1, 0.15) is 18.1 Å². The standard InChI is InChI=1S/C16H15Cl2N2O7P/c1-10-4-6-12(19(21)22)14(8-10)26-28(25,16(3,17)18)27-15-9-11(2)5-7-13(15)20(23)24/h4-9H,1-3H3. The molecule has 0 spiro atoms. The van der Waals surface area contributed by atoms with E-state index in [0.717, 1.165) is 19.1 Å². The van der Waals surface area contributed by atoms with Gasteiger partial charge in [-0.05, 0) is 44.0 Å². The molecule has 28 heavy (non-hydrogen) atoms. The average Bonchev–Trinajstić information content (AvgIpc) is 2.53. The number of benzene rings is 2. The van der Waals surface area contributed by atoms with Gasteiger partial charge >= 0.3 is 19.0 Å². The van der Waals surface area contributed by atoms with Gasteiger partial charge in [-0.15, -0.1) is 0 Å². The van der Waals surface area contributed by atoms with E-state index in [1.807, 2.05) is 0 Å². The Kier molecular flexibility index (Phi) is 6.23. The number of halogens is 2. The molecular formula is C16H15Cl2N2O7P. The summed E-state index contributed by atoms with van der Waals surface area (Å²) in [5.74, 6) is -0.785. The molecule has 0 radical (unpaired) electrons. The van der Waals surface area contributed by atoms with Crippen LogP contribution in [0.25, 0.3) is 0 Å². The molecule has 0 amide bonds. The predicted molar refractivity (Wildman–Crippen MR) is 105 cm³/mol.